The minimum Gasteiger partial charge on any atom is -0.351 e. The molecule has 2 heterocycles. The zero-order chi connectivity index (χ0) is 13.1. The zero-order valence-corrected chi connectivity index (χ0v) is 12.6. The molecule has 1 amide bonds. The fraction of sp³-hybridized carbons (Fsp3) is 0.615. The Labute approximate surface area is 118 Å². The van der Waals surface area contributed by atoms with Crippen LogP contribution in [0.1, 0.15) is 29.9 Å². The van der Waals surface area contributed by atoms with Gasteiger partial charge in [-0.25, -0.2) is 0 Å². The van der Waals surface area contributed by atoms with E-state index in [-0.39, 0.29) is 5.91 Å². The van der Waals surface area contributed by atoms with Crippen LogP contribution in [0.5, 0.6) is 0 Å². The molecule has 1 saturated heterocycles. The summed E-state index contributed by atoms with van der Waals surface area (Å²) in [5.74, 6) is 0.620. The van der Waals surface area contributed by atoms with Crippen LogP contribution in [0, 0.1) is 5.92 Å². The number of hydrogen-bond acceptors (Lipinski definition) is 4. The molecule has 1 aliphatic rings. The average Bonchev–Trinajstić information content (AvgIpc) is 2.94. The van der Waals surface area contributed by atoms with E-state index in [1.807, 2.05) is 11.4 Å². The van der Waals surface area contributed by atoms with Crippen molar-refractivity contribution in [2.75, 3.05) is 19.6 Å². The van der Waals surface area contributed by atoms with Gasteiger partial charge in [0, 0.05) is 29.4 Å². The molecule has 3 nitrogen and oxygen atoms in total. The molecule has 0 aliphatic carbocycles. The molecule has 1 aromatic rings. The van der Waals surface area contributed by atoms with Gasteiger partial charge in [-0.15, -0.1) is 24.0 Å². The highest BCUT2D eigenvalue weighted by molar-refractivity contribution is 7.80. The van der Waals surface area contributed by atoms with Crippen LogP contribution in [-0.2, 0) is 0 Å². The third kappa shape index (κ3) is 3.49. The Balaban J connectivity index is 1.77. The van der Waals surface area contributed by atoms with Gasteiger partial charge in [-0.3, -0.25) is 4.79 Å². The standard InChI is InChI=1S/C13H20N2OS2/c1-9(2)15-4-3-10(7-15)6-14-13(16)12-5-11(17)8-18-12/h5,8-10,17H,3-4,6-7H2,1-2H3,(H,14,16). The predicted molar refractivity (Wildman–Crippen MR) is 78.7 cm³/mol. The van der Waals surface area contributed by atoms with Crippen molar-refractivity contribution in [2.45, 2.75) is 31.2 Å². The number of rotatable bonds is 4. The lowest BCUT2D eigenvalue weighted by Gasteiger charge is -2.20. The molecule has 0 aromatic carbocycles. The number of likely N-dealkylation sites (tertiary alicyclic amines) is 1. The first-order chi connectivity index (χ1) is 8.56. The maximum absolute atomic E-state index is 11.9. The number of carbonyl (C=O) groups excluding carboxylic acids is 1. The maximum Gasteiger partial charge on any atom is 0.261 e. The number of nitrogens with one attached hydrogen (secondary N) is 1. The van der Waals surface area contributed by atoms with Crippen LogP contribution in [0.25, 0.3) is 0 Å². The van der Waals surface area contributed by atoms with E-state index in [4.69, 9.17) is 0 Å². The van der Waals surface area contributed by atoms with E-state index in [0.29, 0.717) is 12.0 Å². The molecule has 5 heteroatoms. The summed E-state index contributed by atoms with van der Waals surface area (Å²) in [5, 5.41) is 4.91. The van der Waals surface area contributed by atoms with Crippen molar-refractivity contribution in [3.8, 4) is 0 Å². The average molecular weight is 284 g/mol. The Hall–Kier alpha value is -0.520. The van der Waals surface area contributed by atoms with Gasteiger partial charge in [-0.2, -0.15) is 0 Å². The number of thiophene rings is 1. The Bertz CT molecular complexity index is 417. The highest BCUT2D eigenvalue weighted by atomic mass is 32.1. The second kappa shape index (κ2) is 6.08. The number of carbonyl (C=O) groups is 1. The second-order valence-electron chi connectivity index (χ2n) is 5.12. The topological polar surface area (TPSA) is 32.3 Å². The molecule has 1 aliphatic heterocycles. The van der Waals surface area contributed by atoms with Crippen LogP contribution in [0.15, 0.2) is 16.3 Å². The molecule has 0 saturated carbocycles. The van der Waals surface area contributed by atoms with Crippen LogP contribution in [0.3, 0.4) is 0 Å². The van der Waals surface area contributed by atoms with E-state index in [1.54, 1.807) is 0 Å². The van der Waals surface area contributed by atoms with E-state index in [9.17, 15) is 4.79 Å². The molecule has 2 rings (SSSR count). The fourth-order valence-electron chi connectivity index (χ4n) is 2.27. The number of thiol groups is 1. The summed E-state index contributed by atoms with van der Waals surface area (Å²) in [6, 6.07) is 2.42. The summed E-state index contributed by atoms with van der Waals surface area (Å²) in [5.41, 5.74) is 0. The molecule has 18 heavy (non-hydrogen) atoms. The summed E-state index contributed by atoms with van der Waals surface area (Å²) >= 11 is 5.66. The van der Waals surface area contributed by atoms with Gasteiger partial charge < -0.3 is 10.2 Å². The molecule has 1 aromatic heterocycles. The van der Waals surface area contributed by atoms with Crippen LogP contribution in [0.4, 0.5) is 0 Å². The molecule has 100 valence electrons. The quantitative estimate of drug-likeness (QED) is 0.833. The molecule has 1 fully saturated rings. The van der Waals surface area contributed by atoms with Crippen LogP contribution < -0.4 is 5.32 Å². The number of hydrogen-bond donors (Lipinski definition) is 2. The maximum atomic E-state index is 11.9. The van der Waals surface area contributed by atoms with Crippen molar-refractivity contribution < 1.29 is 4.79 Å². The highest BCUT2D eigenvalue weighted by Crippen LogP contribution is 2.19. The van der Waals surface area contributed by atoms with Gasteiger partial charge in [0.15, 0.2) is 0 Å². The monoisotopic (exact) mass is 284 g/mol. The van der Waals surface area contributed by atoms with E-state index < -0.39 is 0 Å². The van der Waals surface area contributed by atoms with Crippen molar-refractivity contribution in [3.63, 3.8) is 0 Å². The van der Waals surface area contributed by atoms with Crippen molar-refractivity contribution in [3.05, 3.63) is 16.3 Å². The largest absolute Gasteiger partial charge is 0.351 e. The van der Waals surface area contributed by atoms with Gasteiger partial charge in [0.2, 0.25) is 0 Å². The third-order valence-electron chi connectivity index (χ3n) is 3.41. The Morgan fingerprint density at radius 1 is 1.67 bits per heavy atom. The highest BCUT2D eigenvalue weighted by Gasteiger charge is 2.24. The van der Waals surface area contributed by atoms with Gasteiger partial charge >= 0.3 is 0 Å². The lowest BCUT2D eigenvalue weighted by Crippen LogP contribution is -2.32. The van der Waals surface area contributed by atoms with Crippen molar-refractivity contribution in [1.82, 2.24) is 10.2 Å². The minimum absolute atomic E-state index is 0.0308. The van der Waals surface area contributed by atoms with Crippen LogP contribution >= 0.6 is 24.0 Å². The van der Waals surface area contributed by atoms with Gasteiger partial charge in [0.25, 0.3) is 5.91 Å². The van der Waals surface area contributed by atoms with Gasteiger partial charge in [-0.1, -0.05) is 0 Å². The first-order valence-corrected chi connectivity index (χ1v) is 7.68. The predicted octanol–water partition coefficient (Wildman–Crippen LogP) is 2.50. The molecule has 1 atom stereocenters. The third-order valence-corrected chi connectivity index (χ3v) is 4.77. The molecular weight excluding hydrogens is 264 g/mol. The number of amides is 1. The smallest absolute Gasteiger partial charge is 0.261 e. The Kier molecular flexibility index (Phi) is 4.70. The van der Waals surface area contributed by atoms with Crippen LogP contribution in [0.2, 0.25) is 0 Å². The van der Waals surface area contributed by atoms with Crippen molar-refractivity contribution >= 4 is 29.9 Å². The second-order valence-corrected chi connectivity index (χ2v) is 6.55. The van der Waals surface area contributed by atoms with E-state index >= 15 is 0 Å². The number of nitrogens with zero attached hydrogens (tertiary/aromatic N) is 1. The zero-order valence-electron chi connectivity index (χ0n) is 10.8. The van der Waals surface area contributed by atoms with E-state index in [2.05, 4.69) is 36.7 Å². The Morgan fingerprint density at radius 3 is 3.00 bits per heavy atom. The van der Waals surface area contributed by atoms with Crippen molar-refractivity contribution in [2.24, 2.45) is 5.92 Å². The summed E-state index contributed by atoms with van der Waals surface area (Å²) in [6.45, 7) is 7.47. The fourth-order valence-corrected chi connectivity index (χ4v) is 3.33. The molecule has 0 bridgehead atoms. The van der Waals surface area contributed by atoms with Gasteiger partial charge in [-0.05, 0) is 38.8 Å². The molecule has 0 spiro atoms. The normalized spacial score (nSPS) is 20.6. The van der Waals surface area contributed by atoms with Crippen molar-refractivity contribution in [1.29, 1.82) is 0 Å². The molecule has 1 N–H and O–H groups in total. The van der Waals surface area contributed by atoms with E-state index in [1.165, 1.54) is 17.8 Å². The summed E-state index contributed by atoms with van der Waals surface area (Å²) in [7, 11) is 0. The summed E-state index contributed by atoms with van der Waals surface area (Å²) < 4.78 is 0. The molecular formula is C13H20N2OS2. The van der Waals surface area contributed by atoms with Crippen LogP contribution in [-0.4, -0.2) is 36.5 Å². The molecule has 0 radical (unpaired) electrons. The lowest BCUT2D eigenvalue weighted by molar-refractivity contribution is 0.0951. The summed E-state index contributed by atoms with van der Waals surface area (Å²) in [6.07, 6.45) is 1.18. The Morgan fingerprint density at radius 2 is 2.44 bits per heavy atom. The molecule has 1 unspecified atom stereocenters. The first kappa shape index (κ1) is 13.9. The van der Waals surface area contributed by atoms with E-state index in [0.717, 1.165) is 29.4 Å². The summed E-state index contributed by atoms with van der Waals surface area (Å²) in [4.78, 5) is 16.0. The van der Waals surface area contributed by atoms with Gasteiger partial charge in [0.1, 0.15) is 0 Å². The minimum atomic E-state index is 0.0308. The van der Waals surface area contributed by atoms with Gasteiger partial charge in [0.05, 0.1) is 4.88 Å². The lowest BCUT2D eigenvalue weighted by atomic mass is 10.1. The first-order valence-electron chi connectivity index (χ1n) is 6.36. The SMILES string of the molecule is CC(C)N1CCC(CNC(=O)c2cc(S)cs2)C1.